The van der Waals surface area contributed by atoms with Crippen LogP contribution in [0.5, 0.6) is 0 Å². The number of halogens is 2. The monoisotopic (exact) mass is 319 g/mol. The average molecular weight is 320 g/mol. The highest BCUT2D eigenvalue weighted by Gasteiger charge is 2.21. The molecule has 0 aliphatic carbocycles. The lowest BCUT2D eigenvalue weighted by Gasteiger charge is -2.19. The summed E-state index contributed by atoms with van der Waals surface area (Å²) >= 11 is 5.73. The van der Waals surface area contributed by atoms with Gasteiger partial charge in [-0.25, -0.2) is 9.37 Å². The Labute approximate surface area is 132 Å². The molecule has 2 aromatic rings. The van der Waals surface area contributed by atoms with Gasteiger partial charge in [-0.2, -0.15) is 0 Å². The molecule has 2 heterocycles. The summed E-state index contributed by atoms with van der Waals surface area (Å²) in [6.07, 6.45) is 3.82. The van der Waals surface area contributed by atoms with Gasteiger partial charge in [0.05, 0.1) is 16.3 Å². The number of rotatable bonds is 3. The molecule has 0 saturated carbocycles. The number of carbonyl (C=O) groups is 1. The Hall–Kier alpha value is -2.14. The van der Waals surface area contributed by atoms with Crippen LogP contribution >= 0.6 is 11.6 Å². The molecule has 1 N–H and O–H groups in total. The van der Waals surface area contributed by atoms with Gasteiger partial charge in [-0.15, -0.1) is 0 Å². The lowest BCUT2D eigenvalue weighted by molar-refractivity contribution is 0.102. The fraction of sp³-hybridized carbons (Fsp3) is 0.250. The van der Waals surface area contributed by atoms with E-state index in [1.807, 2.05) is 0 Å². The van der Waals surface area contributed by atoms with E-state index in [2.05, 4.69) is 15.2 Å². The van der Waals surface area contributed by atoms with Crippen LogP contribution in [0.15, 0.2) is 36.5 Å². The second kappa shape index (κ2) is 6.32. The highest BCUT2D eigenvalue weighted by molar-refractivity contribution is 6.31. The first-order valence-electron chi connectivity index (χ1n) is 7.12. The molecular weight excluding hydrogens is 305 g/mol. The zero-order valence-corrected chi connectivity index (χ0v) is 12.6. The summed E-state index contributed by atoms with van der Waals surface area (Å²) in [5.41, 5.74) is 0.498. The molecular formula is C16H15ClFN3O. The van der Waals surface area contributed by atoms with Crippen LogP contribution in [-0.2, 0) is 0 Å². The van der Waals surface area contributed by atoms with Crippen molar-refractivity contribution in [3.63, 3.8) is 0 Å². The molecule has 4 nitrogen and oxygen atoms in total. The predicted octanol–water partition coefficient (Wildman–Crippen LogP) is 3.73. The second-order valence-corrected chi connectivity index (χ2v) is 5.53. The van der Waals surface area contributed by atoms with Crippen molar-refractivity contribution in [1.82, 2.24) is 4.98 Å². The number of anilines is 2. The van der Waals surface area contributed by atoms with Crippen LogP contribution < -0.4 is 10.2 Å². The highest BCUT2D eigenvalue weighted by Crippen LogP contribution is 2.25. The number of benzene rings is 1. The lowest BCUT2D eigenvalue weighted by atomic mass is 10.2. The van der Waals surface area contributed by atoms with Crippen molar-refractivity contribution < 1.29 is 9.18 Å². The SMILES string of the molecule is O=C(Nc1cccc(Cl)c1F)c1cccnc1N1CCCC1. The number of hydrogen-bond donors (Lipinski definition) is 1. The molecule has 114 valence electrons. The molecule has 1 aromatic heterocycles. The van der Waals surface area contributed by atoms with E-state index < -0.39 is 11.7 Å². The van der Waals surface area contributed by atoms with E-state index in [1.54, 1.807) is 24.4 Å². The third kappa shape index (κ3) is 2.90. The molecule has 0 bridgehead atoms. The molecule has 22 heavy (non-hydrogen) atoms. The third-order valence-electron chi connectivity index (χ3n) is 3.64. The zero-order chi connectivity index (χ0) is 15.5. The molecule has 1 fully saturated rings. The Morgan fingerprint density at radius 1 is 1.23 bits per heavy atom. The maximum atomic E-state index is 13.9. The molecule has 6 heteroatoms. The number of nitrogens with one attached hydrogen (secondary N) is 1. The van der Waals surface area contributed by atoms with Gasteiger partial charge in [-0.3, -0.25) is 4.79 Å². The maximum absolute atomic E-state index is 13.9. The Kier molecular flexibility index (Phi) is 4.24. The highest BCUT2D eigenvalue weighted by atomic mass is 35.5. The van der Waals surface area contributed by atoms with Crippen LogP contribution in [0.1, 0.15) is 23.2 Å². The van der Waals surface area contributed by atoms with Crippen molar-refractivity contribution in [3.05, 3.63) is 52.9 Å². The van der Waals surface area contributed by atoms with Crippen molar-refractivity contribution in [2.75, 3.05) is 23.3 Å². The number of hydrogen-bond acceptors (Lipinski definition) is 3. The summed E-state index contributed by atoms with van der Waals surface area (Å²) < 4.78 is 13.9. The Bertz CT molecular complexity index is 702. The summed E-state index contributed by atoms with van der Waals surface area (Å²) in [7, 11) is 0. The maximum Gasteiger partial charge on any atom is 0.259 e. The standard InChI is InChI=1S/C16H15ClFN3O/c17-12-6-3-7-13(14(12)18)20-16(22)11-5-4-8-19-15(11)21-9-1-2-10-21/h3-8H,1-2,9-10H2,(H,20,22). The molecule has 1 aliphatic rings. The van der Waals surface area contributed by atoms with E-state index in [4.69, 9.17) is 11.6 Å². The number of aromatic nitrogens is 1. The van der Waals surface area contributed by atoms with Gasteiger partial charge in [-0.05, 0) is 37.1 Å². The first kappa shape index (κ1) is 14.8. The largest absolute Gasteiger partial charge is 0.356 e. The van der Waals surface area contributed by atoms with Crippen LogP contribution in [0, 0.1) is 5.82 Å². The fourth-order valence-electron chi connectivity index (χ4n) is 2.55. The number of nitrogens with zero attached hydrogens (tertiary/aromatic N) is 2. The minimum Gasteiger partial charge on any atom is -0.356 e. The Balaban J connectivity index is 1.88. The molecule has 3 rings (SSSR count). The van der Waals surface area contributed by atoms with E-state index in [1.165, 1.54) is 12.1 Å². The molecule has 1 aliphatic heterocycles. The van der Waals surface area contributed by atoms with E-state index in [0.29, 0.717) is 11.4 Å². The van der Waals surface area contributed by atoms with Gasteiger partial charge in [0.2, 0.25) is 0 Å². The summed E-state index contributed by atoms with van der Waals surface area (Å²) in [5.74, 6) is -0.389. The van der Waals surface area contributed by atoms with Gasteiger partial charge in [0.25, 0.3) is 5.91 Å². The van der Waals surface area contributed by atoms with Crippen LogP contribution in [-0.4, -0.2) is 24.0 Å². The van der Waals surface area contributed by atoms with Crippen LogP contribution in [0.4, 0.5) is 15.9 Å². The lowest BCUT2D eigenvalue weighted by Crippen LogP contribution is -2.24. The summed E-state index contributed by atoms with van der Waals surface area (Å²) in [6, 6.07) is 7.89. The Morgan fingerprint density at radius 2 is 2.00 bits per heavy atom. The van der Waals surface area contributed by atoms with Gasteiger partial charge in [-0.1, -0.05) is 17.7 Å². The van der Waals surface area contributed by atoms with Crippen LogP contribution in [0.3, 0.4) is 0 Å². The summed E-state index contributed by atoms with van der Waals surface area (Å²) in [6.45, 7) is 1.76. The normalized spacial score (nSPS) is 14.2. The van der Waals surface area contributed by atoms with E-state index in [0.717, 1.165) is 25.9 Å². The van der Waals surface area contributed by atoms with Gasteiger partial charge < -0.3 is 10.2 Å². The molecule has 1 amide bonds. The van der Waals surface area contributed by atoms with E-state index >= 15 is 0 Å². The van der Waals surface area contributed by atoms with Gasteiger partial charge in [0.15, 0.2) is 5.82 Å². The first-order chi connectivity index (χ1) is 10.7. The molecule has 0 radical (unpaired) electrons. The third-order valence-corrected chi connectivity index (χ3v) is 3.93. The van der Waals surface area contributed by atoms with Crippen LogP contribution in [0.2, 0.25) is 5.02 Å². The van der Waals surface area contributed by atoms with Gasteiger partial charge in [0, 0.05) is 19.3 Å². The Morgan fingerprint density at radius 3 is 2.77 bits per heavy atom. The van der Waals surface area contributed by atoms with Crippen molar-refractivity contribution >= 4 is 29.0 Å². The topological polar surface area (TPSA) is 45.2 Å². The van der Waals surface area contributed by atoms with Gasteiger partial charge >= 0.3 is 0 Å². The number of pyridine rings is 1. The average Bonchev–Trinajstić information content (AvgIpc) is 3.06. The quantitative estimate of drug-likeness (QED) is 0.937. The molecule has 0 spiro atoms. The summed E-state index contributed by atoms with van der Waals surface area (Å²) in [5, 5.41) is 2.54. The molecule has 1 saturated heterocycles. The van der Waals surface area contributed by atoms with Gasteiger partial charge in [0.1, 0.15) is 5.82 Å². The second-order valence-electron chi connectivity index (χ2n) is 5.12. The fourth-order valence-corrected chi connectivity index (χ4v) is 2.72. The van der Waals surface area contributed by atoms with E-state index in [-0.39, 0.29) is 10.7 Å². The van der Waals surface area contributed by atoms with E-state index in [9.17, 15) is 9.18 Å². The van der Waals surface area contributed by atoms with Crippen LogP contribution in [0.25, 0.3) is 0 Å². The first-order valence-corrected chi connectivity index (χ1v) is 7.50. The van der Waals surface area contributed by atoms with Crippen molar-refractivity contribution in [3.8, 4) is 0 Å². The minimum absolute atomic E-state index is 0.0243. The predicted molar refractivity (Wildman–Crippen MR) is 85.0 cm³/mol. The number of carbonyl (C=O) groups excluding carboxylic acids is 1. The van der Waals surface area contributed by atoms with Crippen molar-refractivity contribution in [2.24, 2.45) is 0 Å². The summed E-state index contributed by atoms with van der Waals surface area (Å²) in [4.78, 5) is 18.8. The molecule has 0 atom stereocenters. The van der Waals surface area contributed by atoms with Crippen molar-refractivity contribution in [1.29, 1.82) is 0 Å². The van der Waals surface area contributed by atoms with Crippen molar-refractivity contribution in [2.45, 2.75) is 12.8 Å². The zero-order valence-electron chi connectivity index (χ0n) is 11.9. The molecule has 0 unspecified atom stereocenters. The minimum atomic E-state index is -0.635. The molecule has 1 aromatic carbocycles. The smallest absolute Gasteiger partial charge is 0.259 e. The number of amides is 1.